The molecule has 6 heteroatoms. The van der Waals surface area contributed by atoms with Crippen LogP contribution in [0.5, 0.6) is 0 Å². The summed E-state index contributed by atoms with van der Waals surface area (Å²) in [6.07, 6.45) is 1.54. The maximum Gasteiger partial charge on any atom is 0.272 e. The van der Waals surface area contributed by atoms with Gasteiger partial charge in [0.1, 0.15) is 0 Å². The van der Waals surface area contributed by atoms with E-state index in [-0.39, 0.29) is 11.6 Å². The van der Waals surface area contributed by atoms with E-state index in [0.29, 0.717) is 16.6 Å². The van der Waals surface area contributed by atoms with Crippen molar-refractivity contribution in [2.75, 3.05) is 5.73 Å². The number of hydrogen-bond acceptors (Lipinski definition) is 4. The zero-order valence-corrected chi connectivity index (χ0v) is 10.4. The van der Waals surface area contributed by atoms with Gasteiger partial charge in [-0.1, -0.05) is 11.6 Å². The number of amides is 1. The van der Waals surface area contributed by atoms with Gasteiger partial charge < -0.3 is 11.1 Å². The maximum atomic E-state index is 11.8. The summed E-state index contributed by atoms with van der Waals surface area (Å²) in [5.74, 6) is -0.285. The number of rotatable bonds is 3. The van der Waals surface area contributed by atoms with Gasteiger partial charge in [0.15, 0.2) is 5.69 Å². The third-order valence-electron chi connectivity index (χ3n) is 2.11. The van der Waals surface area contributed by atoms with Gasteiger partial charge >= 0.3 is 0 Å². The van der Waals surface area contributed by atoms with Gasteiger partial charge in [0, 0.05) is 11.1 Å². The van der Waals surface area contributed by atoms with E-state index in [1.165, 1.54) is 17.5 Å². The molecule has 0 radical (unpaired) electrons. The summed E-state index contributed by atoms with van der Waals surface area (Å²) >= 11 is 7.22. The Labute approximate surface area is 107 Å². The lowest BCUT2D eigenvalue weighted by atomic mass is 10.3. The molecule has 4 nitrogen and oxygen atoms in total. The molecule has 0 aromatic carbocycles. The van der Waals surface area contributed by atoms with Crippen molar-refractivity contribution in [2.45, 2.75) is 6.54 Å². The fourth-order valence-electron chi connectivity index (χ4n) is 1.31. The molecule has 0 saturated heterocycles. The number of carbonyl (C=O) groups excluding carboxylic acids is 1. The Kier molecular flexibility index (Phi) is 3.61. The van der Waals surface area contributed by atoms with Crippen LogP contribution in [0.2, 0.25) is 4.34 Å². The first-order valence-corrected chi connectivity index (χ1v) is 6.09. The molecule has 2 rings (SSSR count). The van der Waals surface area contributed by atoms with Crippen molar-refractivity contribution in [3.63, 3.8) is 0 Å². The second-order valence-corrected chi connectivity index (χ2v) is 5.13. The molecular weight excluding hydrogens is 258 g/mol. The average molecular weight is 268 g/mol. The molecule has 2 heterocycles. The van der Waals surface area contributed by atoms with Gasteiger partial charge in [-0.2, -0.15) is 0 Å². The zero-order valence-electron chi connectivity index (χ0n) is 8.81. The van der Waals surface area contributed by atoms with Crippen LogP contribution in [0.15, 0.2) is 30.5 Å². The van der Waals surface area contributed by atoms with Crippen molar-refractivity contribution < 1.29 is 4.79 Å². The Hall–Kier alpha value is -1.59. The van der Waals surface area contributed by atoms with Crippen LogP contribution in [0, 0.1) is 0 Å². The summed E-state index contributed by atoms with van der Waals surface area (Å²) in [5.41, 5.74) is 6.27. The van der Waals surface area contributed by atoms with E-state index >= 15 is 0 Å². The van der Waals surface area contributed by atoms with E-state index in [4.69, 9.17) is 17.3 Å². The number of anilines is 1. The maximum absolute atomic E-state index is 11.8. The minimum atomic E-state index is -0.285. The van der Waals surface area contributed by atoms with Crippen molar-refractivity contribution in [3.8, 4) is 0 Å². The Morgan fingerprint density at radius 2 is 2.29 bits per heavy atom. The van der Waals surface area contributed by atoms with Crippen molar-refractivity contribution in [2.24, 2.45) is 0 Å². The molecule has 1 amide bonds. The minimum absolute atomic E-state index is 0.246. The average Bonchev–Trinajstić information content (AvgIpc) is 2.73. The normalized spacial score (nSPS) is 10.2. The van der Waals surface area contributed by atoms with Crippen LogP contribution in [0.3, 0.4) is 0 Å². The standard InChI is InChI=1S/C11H10ClN3OS/c12-9-4-3-7(17-9)6-15-11(16)10-8(13)2-1-5-14-10/h1-5H,6,13H2,(H,15,16). The van der Waals surface area contributed by atoms with Crippen LogP contribution in [-0.4, -0.2) is 10.9 Å². The third-order valence-corrected chi connectivity index (χ3v) is 3.34. The number of halogens is 1. The molecular formula is C11H10ClN3OS. The molecule has 0 aliphatic rings. The van der Waals surface area contributed by atoms with Gasteiger partial charge in [0.25, 0.3) is 5.91 Å². The minimum Gasteiger partial charge on any atom is -0.397 e. The van der Waals surface area contributed by atoms with E-state index < -0.39 is 0 Å². The molecule has 17 heavy (non-hydrogen) atoms. The van der Waals surface area contributed by atoms with Crippen LogP contribution in [0.4, 0.5) is 5.69 Å². The first-order chi connectivity index (χ1) is 8.16. The third kappa shape index (κ3) is 2.95. The number of thiophene rings is 1. The Bertz CT molecular complexity index is 541. The van der Waals surface area contributed by atoms with Crippen molar-refractivity contribution >= 4 is 34.5 Å². The van der Waals surface area contributed by atoms with E-state index in [1.54, 1.807) is 18.2 Å². The molecule has 0 bridgehead atoms. The molecule has 3 N–H and O–H groups in total. The first kappa shape index (κ1) is 11.9. The smallest absolute Gasteiger partial charge is 0.272 e. The number of nitrogens with two attached hydrogens (primary N) is 1. The quantitative estimate of drug-likeness (QED) is 0.897. The molecule has 0 saturated carbocycles. The lowest BCUT2D eigenvalue weighted by molar-refractivity contribution is 0.0947. The SMILES string of the molecule is Nc1cccnc1C(=O)NCc1ccc(Cl)s1. The molecule has 2 aromatic heterocycles. The summed E-state index contributed by atoms with van der Waals surface area (Å²) in [5, 5.41) is 2.74. The van der Waals surface area contributed by atoms with Gasteiger partial charge in [-0.3, -0.25) is 4.79 Å². The first-order valence-electron chi connectivity index (χ1n) is 4.89. The van der Waals surface area contributed by atoms with Gasteiger partial charge in [-0.15, -0.1) is 11.3 Å². The Morgan fingerprint density at radius 1 is 1.47 bits per heavy atom. The Morgan fingerprint density at radius 3 is 2.94 bits per heavy atom. The monoisotopic (exact) mass is 267 g/mol. The van der Waals surface area contributed by atoms with Crippen molar-refractivity contribution in [3.05, 3.63) is 45.4 Å². The molecule has 0 fully saturated rings. The van der Waals surface area contributed by atoms with Crippen LogP contribution < -0.4 is 11.1 Å². The van der Waals surface area contributed by atoms with Gasteiger partial charge in [0.2, 0.25) is 0 Å². The highest BCUT2D eigenvalue weighted by Gasteiger charge is 2.10. The Balaban J connectivity index is 2.01. The zero-order chi connectivity index (χ0) is 12.3. The van der Waals surface area contributed by atoms with Crippen molar-refractivity contribution in [1.82, 2.24) is 10.3 Å². The highest BCUT2D eigenvalue weighted by Crippen LogP contribution is 2.21. The van der Waals surface area contributed by atoms with E-state index in [2.05, 4.69) is 10.3 Å². The number of nitrogens with zero attached hydrogens (tertiary/aromatic N) is 1. The molecule has 88 valence electrons. The molecule has 0 unspecified atom stereocenters. The van der Waals surface area contributed by atoms with E-state index in [9.17, 15) is 4.79 Å². The number of nitrogen functional groups attached to an aromatic ring is 1. The number of aromatic nitrogens is 1. The summed E-state index contributed by atoms with van der Waals surface area (Å²) < 4.78 is 0.701. The molecule has 0 aliphatic carbocycles. The molecule has 0 spiro atoms. The molecule has 0 aliphatic heterocycles. The van der Waals surface area contributed by atoms with Crippen LogP contribution >= 0.6 is 22.9 Å². The van der Waals surface area contributed by atoms with Crippen LogP contribution in [-0.2, 0) is 6.54 Å². The number of hydrogen-bond donors (Lipinski definition) is 2. The lowest BCUT2D eigenvalue weighted by Gasteiger charge is -2.04. The van der Waals surface area contributed by atoms with Gasteiger partial charge in [-0.25, -0.2) is 4.98 Å². The summed E-state index contributed by atoms with van der Waals surface area (Å²) in [6, 6.07) is 6.99. The lowest BCUT2D eigenvalue weighted by Crippen LogP contribution is -2.24. The van der Waals surface area contributed by atoms with Gasteiger partial charge in [-0.05, 0) is 24.3 Å². The van der Waals surface area contributed by atoms with Gasteiger partial charge in [0.05, 0.1) is 16.6 Å². The highest BCUT2D eigenvalue weighted by atomic mass is 35.5. The largest absolute Gasteiger partial charge is 0.397 e. The molecule has 0 atom stereocenters. The number of carbonyl (C=O) groups is 1. The van der Waals surface area contributed by atoms with Crippen LogP contribution in [0.25, 0.3) is 0 Å². The summed E-state index contributed by atoms with van der Waals surface area (Å²) in [4.78, 5) is 16.7. The van der Waals surface area contributed by atoms with E-state index in [1.807, 2.05) is 6.07 Å². The summed E-state index contributed by atoms with van der Waals surface area (Å²) in [7, 11) is 0. The second-order valence-electron chi connectivity index (χ2n) is 3.33. The summed E-state index contributed by atoms with van der Waals surface area (Å²) in [6.45, 7) is 0.423. The van der Waals surface area contributed by atoms with Crippen LogP contribution in [0.1, 0.15) is 15.4 Å². The fourth-order valence-corrected chi connectivity index (χ4v) is 2.33. The van der Waals surface area contributed by atoms with E-state index in [0.717, 1.165) is 4.88 Å². The predicted octanol–water partition coefficient (Wildman–Crippen LogP) is 2.31. The number of nitrogens with one attached hydrogen (secondary N) is 1. The predicted molar refractivity (Wildman–Crippen MR) is 69.1 cm³/mol. The second kappa shape index (κ2) is 5.16. The molecule has 2 aromatic rings. The fraction of sp³-hybridized carbons (Fsp3) is 0.0909. The topological polar surface area (TPSA) is 68.0 Å². The highest BCUT2D eigenvalue weighted by molar-refractivity contribution is 7.16. The number of pyridine rings is 1. The van der Waals surface area contributed by atoms with Crippen molar-refractivity contribution in [1.29, 1.82) is 0 Å².